The van der Waals surface area contributed by atoms with E-state index >= 15 is 0 Å². The highest BCUT2D eigenvalue weighted by atomic mass is 16.4. The lowest BCUT2D eigenvalue weighted by Gasteiger charge is -2.14. The highest BCUT2D eigenvalue weighted by Gasteiger charge is 2.02. The van der Waals surface area contributed by atoms with Gasteiger partial charge in [-0.1, -0.05) is 0 Å². The molecule has 13 heavy (non-hydrogen) atoms. The Morgan fingerprint density at radius 3 is 2.38 bits per heavy atom. The molecular formula is C7H14N2O4. The first-order chi connectivity index (χ1) is 6.02. The Labute approximate surface area is 76.1 Å². The summed E-state index contributed by atoms with van der Waals surface area (Å²) in [5.74, 6) is -1.77. The van der Waals surface area contributed by atoms with Crippen molar-refractivity contribution in [3.63, 3.8) is 0 Å². The molecule has 0 aromatic carbocycles. The predicted molar refractivity (Wildman–Crippen MR) is 45.1 cm³/mol. The number of hydrogen-bond donors (Lipinski definition) is 3. The number of nitrogens with zero attached hydrogens (tertiary/aromatic N) is 1. The van der Waals surface area contributed by atoms with Gasteiger partial charge in [-0.25, -0.2) is 5.01 Å². The first kappa shape index (κ1) is 11.9. The Balaban J connectivity index is 3.31. The maximum absolute atomic E-state index is 10.2. The zero-order valence-corrected chi connectivity index (χ0v) is 7.49. The van der Waals surface area contributed by atoms with Crippen LogP contribution in [0.5, 0.6) is 0 Å². The van der Waals surface area contributed by atoms with Crippen LogP contribution in [0.25, 0.3) is 0 Å². The minimum Gasteiger partial charge on any atom is -0.481 e. The molecule has 0 rings (SSSR count). The summed E-state index contributed by atoms with van der Waals surface area (Å²) in [5, 5.41) is 18.0. The van der Waals surface area contributed by atoms with Gasteiger partial charge in [-0.05, 0) is 6.42 Å². The third-order valence-corrected chi connectivity index (χ3v) is 1.32. The second kappa shape index (κ2) is 6.38. The Morgan fingerprint density at radius 2 is 1.92 bits per heavy atom. The molecule has 0 unspecified atom stereocenters. The van der Waals surface area contributed by atoms with E-state index in [4.69, 9.17) is 10.2 Å². The molecule has 0 aliphatic rings. The van der Waals surface area contributed by atoms with Gasteiger partial charge in [0.25, 0.3) is 0 Å². The van der Waals surface area contributed by atoms with E-state index in [1.807, 2.05) is 0 Å². The van der Waals surface area contributed by atoms with Crippen molar-refractivity contribution in [3.8, 4) is 0 Å². The van der Waals surface area contributed by atoms with Gasteiger partial charge in [0.2, 0.25) is 0 Å². The van der Waals surface area contributed by atoms with Gasteiger partial charge in [-0.15, -0.1) is 0 Å². The highest BCUT2D eigenvalue weighted by Crippen LogP contribution is 1.86. The van der Waals surface area contributed by atoms with Crippen LogP contribution in [0.15, 0.2) is 0 Å². The molecule has 3 N–H and O–H groups in total. The summed E-state index contributed by atoms with van der Waals surface area (Å²) in [6.45, 7) is 0.364. The minimum absolute atomic E-state index is 0.0912. The number of hydrazine groups is 1. The molecule has 0 amide bonds. The summed E-state index contributed by atoms with van der Waals surface area (Å²) >= 11 is 0. The van der Waals surface area contributed by atoms with Crippen LogP contribution in [-0.4, -0.2) is 47.3 Å². The van der Waals surface area contributed by atoms with Crippen molar-refractivity contribution in [2.24, 2.45) is 0 Å². The molecule has 0 atom stereocenters. The van der Waals surface area contributed by atoms with Crippen molar-refractivity contribution < 1.29 is 19.8 Å². The predicted octanol–water partition coefficient (Wildman–Crippen LogP) is -0.628. The number of carbonyl (C=O) groups is 2. The van der Waals surface area contributed by atoms with Crippen molar-refractivity contribution >= 4 is 11.9 Å². The van der Waals surface area contributed by atoms with Crippen molar-refractivity contribution in [3.05, 3.63) is 0 Å². The summed E-state index contributed by atoms with van der Waals surface area (Å²) in [7, 11) is 1.59. The summed E-state index contributed by atoms with van der Waals surface area (Å²) in [5.41, 5.74) is 2.76. The lowest BCUT2D eigenvalue weighted by molar-refractivity contribution is -0.139. The molecule has 6 heteroatoms. The lowest BCUT2D eigenvalue weighted by Crippen LogP contribution is -2.38. The number of aliphatic carboxylic acids is 2. The first-order valence-corrected chi connectivity index (χ1v) is 3.90. The molecule has 76 valence electrons. The van der Waals surface area contributed by atoms with Crippen LogP contribution < -0.4 is 5.43 Å². The summed E-state index contributed by atoms with van der Waals surface area (Å²) < 4.78 is 0. The van der Waals surface area contributed by atoms with Gasteiger partial charge in [0, 0.05) is 20.0 Å². The summed E-state index contributed by atoms with van der Waals surface area (Å²) in [4.78, 5) is 20.3. The van der Waals surface area contributed by atoms with Crippen LogP contribution in [-0.2, 0) is 9.59 Å². The lowest BCUT2D eigenvalue weighted by atomic mass is 10.3. The molecule has 0 aromatic heterocycles. The van der Waals surface area contributed by atoms with Gasteiger partial charge >= 0.3 is 11.9 Å². The van der Waals surface area contributed by atoms with E-state index in [1.54, 1.807) is 7.05 Å². The molecular weight excluding hydrogens is 176 g/mol. The maximum Gasteiger partial charge on any atom is 0.319 e. The fraction of sp³-hybridized carbons (Fsp3) is 0.714. The van der Waals surface area contributed by atoms with Gasteiger partial charge in [0.15, 0.2) is 0 Å². The molecule has 0 saturated heterocycles. The van der Waals surface area contributed by atoms with E-state index in [-0.39, 0.29) is 13.0 Å². The molecule has 0 bridgehead atoms. The second-order valence-corrected chi connectivity index (χ2v) is 2.66. The van der Waals surface area contributed by atoms with Crippen molar-refractivity contribution in [1.29, 1.82) is 0 Å². The molecule has 0 aliphatic carbocycles. The molecule has 0 aliphatic heterocycles. The number of likely N-dealkylation sites (N-methyl/N-ethyl adjacent to an activating group) is 1. The van der Waals surface area contributed by atoms with E-state index in [0.717, 1.165) is 0 Å². The molecule has 0 saturated carbocycles. The van der Waals surface area contributed by atoms with Gasteiger partial charge in [-0.2, -0.15) is 0 Å². The van der Waals surface area contributed by atoms with Crippen LogP contribution in [0.1, 0.15) is 12.8 Å². The van der Waals surface area contributed by atoms with Crippen molar-refractivity contribution in [1.82, 2.24) is 10.4 Å². The van der Waals surface area contributed by atoms with Crippen LogP contribution >= 0.6 is 0 Å². The van der Waals surface area contributed by atoms with Gasteiger partial charge in [0.05, 0.1) is 0 Å². The zero-order chi connectivity index (χ0) is 10.3. The summed E-state index contributed by atoms with van der Waals surface area (Å²) in [6.07, 6.45) is 0.577. The van der Waals surface area contributed by atoms with Gasteiger partial charge < -0.3 is 10.2 Å². The summed E-state index contributed by atoms with van der Waals surface area (Å²) in [6, 6.07) is 0. The number of carboxylic acid groups (broad SMARTS) is 2. The molecule has 0 fully saturated rings. The Hall–Kier alpha value is -1.14. The fourth-order valence-electron chi connectivity index (χ4n) is 0.768. The molecule has 0 aromatic rings. The topological polar surface area (TPSA) is 89.9 Å². The monoisotopic (exact) mass is 190 g/mol. The number of nitrogens with one attached hydrogen (secondary N) is 1. The molecule has 0 spiro atoms. The largest absolute Gasteiger partial charge is 0.481 e. The van der Waals surface area contributed by atoms with E-state index in [0.29, 0.717) is 13.0 Å². The van der Waals surface area contributed by atoms with E-state index in [9.17, 15) is 9.59 Å². The molecule has 0 radical (unpaired) electrons. The number of hydrogen-bond acceptors (Lipinski definition) is 4. The molecule has 0 heterocycles. The van der Waals surface area contributed by atoms with Crippen LogP contribution in [0.3, 0.4) is 0 Å². The van der Waals surface area contributed by atoms with E-state index in [2.05, 4.69) is 5.43 Å². The zero-order valence-electron chi connectivity index (χ0n) is 7.49. The van der Waals surface area contributed by atoms with Gasteiger partial charge in [0.1, 0.15) is 6.54 Å². The number of carboxylic acids is 2. The quantitative estimate of drug-likeness (QED) is 0.366. The van der Waals surface area contributed by atoms with E-state index in [1.165, 1.54) is 5.01 Å². The fourth-order valence-corrected chi connectivity index (χ4v) is 0.768. The Bertz CT molecular complexity index is 183. The Kier molecular flexibility index (Phi) is 5.82. The van der Waals surface area contributed by atoms with E-state index < -0.39 is 11.9 Å². The van der Waals surface area contributed by atoms with Crippen molar-refractivity contribution in [2.75, 3.05) is 20.1 Å². The normalized spacial score (nSPS) is 10.3. The Morgan fingerprint density at radius 1 is 1.31 bits per heavy atom. The van der Waals surface area contributed by atoms with Crippen LogP contribution in [0.4, 0.5) is 0 Å². The standard InChI is InChI=1S/C7H14N2O4/c1-9(5-7(12)13)8-4-2-3-6(10)11/h8H,2-5H2,1H3,(H,10,11)(H,12,13). The average molecular weight is 190 g/mol. The smallest absolute Gasteiger partial charge is 0.319 e. The maximum atomic E-state index is 10.2. The van der Waals surface area contributed by atoms with Crippen LogP contribution in [0, 0.1) is 0 Å². The highest BCUT2D eigenvalue weighted by molar-refractivity contribution is 5.68. The molecule has 6 nitrogen and oxygen atoms in total. The third kappa shape index (κ3) is 8.77. The van der Waals surface area contributed by atoms with Gasteiger partial charge in [-0.3, -0.25) is 15.0 Å². The third-order valence-electron chi connectivity index (χ3n) is 1.32. The average Bonchev–Trinajstić information content (AvgIpc) is 1.96. The second-order valence-electron chi connectivity index (χ2n) is 2.66. The first-order valence-electron chi connectivity index (χ1n) is 3.90. The van der Waals surface area contributed by atoms with Crippen LogP contribution in [0.2, 0.25) is 0 Å². The number of rotatable bonds is 7. The SMILES string of the molecule is CN(CC(=O)O)NCCCC(=O)O. The minimum atomic E-state index is -0.923. The van der Waals surface area contributed by atoms with Crippen molar-refractivity contribution in [2.45, 2.75) is 12.8 Å².